The van der Waals surface area contributed by atoms with Crippen molar-refractivity contribution in [1.82, 2.24) is 19.5 Å². The van der Waals surface area contributed by atoms with Gasteiger partial charge in [-0.05, 0) is 59.2 Å². The van der Waals surface area contributed by atoms with Crippen LogP contribution in [0.15, 0.2) is 199 Å². The van der Waals surface area contributed by atoms with Crippen LogP contribution in [0.1, 0.15) is 0 Å². The molecule has 0 saturated carbocycles. The van der Waals surface area contributed by atoms with Crippen molar-refractivity contribution in [2.45, 2.75) is 0 Å². The summed E-state index contributed by atoms with van der Waals surface area (Å²) < 4.78 is 9.12. The van der Waals surface area contributed by atoms with Crippen LogP contribution in [-0.2, 0) is 0 Å². The fourth-order valence-electron chi connectivity index (χ4n) is 7.97. The zero-order valence-corrected chi connectivity index (χ0v) is 30.2. The molecule has 0 atom stereocenters. The Balaban J connectivity index is 1.01. The van der Waals surface area contributed by atoms with Gasteiger partial charge in [0.05, 0.1) is 11.0 Å². The Morgan fingerprint density at radius 2 is 0.875 bits per heavy atom. The molecule has 8 aromatic carbocycles. The third kappa shape index (κ3) is 5.37. The first kappa shape index (κ1) is 31.9. The molecule has 0 spiro atoms. The number of hydrogen-bond acceptors (Lipinski definition) is 4. The lowest BCUT2D eigenvalue weighted by atomic mass is 9.97. The van der Waals surface area contributed by atoms with Gasteiger partial charge in [-0.25, -0.2) is 15.0 Å². The minimum absolute atomic E-state index is 0.594. The molecule has 5 heteroatoms. The second-order valence-corrected chi connectivity index (χ2v) is 14.0. The predicted molar refractivity (Wildman–Crippen MR) is 229 cm³/mol. The van der Waals surface area contributed by atoms with Gasteiger partial charge in [0.15, 0.2) is 17.5 Å². The molecule has 11 aromatic rings. The summed E-state index contributed by atoms with van der Waals surface area (Å²) in [5, 5.41) is 4.59. The maximum absolute atomic E-state index is 6.76. The Morgan fingerprint density at radius 3 is 1.62 bits per heavy atom. The normalized spacial score (nSPS) is 11.6. The molecule has 262 valence electrons. The van der Waals surface area contributed by atoms with Crippen molar-refractivity contribution in [3.63, 3.8) is 0 Å². The highest BCUT2D eigenvalue weighted by Crippen LogP contribution is 2.40. The van der Waals surface area contributed by atoms with E-state index in [1.165, 1.54) is 21.8 Å². The van der Waals surface area contributed by atoms with E-state index < -0.39 is 0 Å². The average Bonchev–Trinajstić information content (AvgIpc) is 3.82. The van der Waals surface area contributed by atoms with Gasteiger partial charge in [0, 0.05) is 49.5 Å². The summed E-state index contributed by atoms with van der Waals surface area (Å²) >= 11 is 0. The second kappa shape index (κ2) is 13.0. The van der Waals surface area contributed by atoms with Crippen LogP contribution in [-0.4, -0.2) is 19.5 Å². The van der Waals surface area contributed by atoms with Crippen molar-refractivity contribution in [2.75, 3.05) is 0 Å². The number of fused-ring (bicyclic) bond motifs is 6. The molecule has 0 aliphatic carbocycles. The molecule has 0 fully saturated rings. The summed E-state index contributed by atoms with van der Waals surface area (Å²) in [6, 6.07) is 67.5. The number of hydrogen-bond donors (Lipinski definition) is 0. The zero-order valence-electron chi connectivity index (χ0n) is 30.2. The summed E-state index contributed by atoms with van der Waals surface area (Å²) in [7, 11) is 0. The Labute approximate surface area is 322 Å². The SMILES string of the molecule is c1ccc(-c2nc(-c3ccccc3)nc(-c3ccc4c(c3)oc3c(-c5cccc(-c6ccc7c8ccccc8n(-c8ccccc8)c7c6)c5)cccc34)n2)cc1. The van der Waals surface area contributed by atoms with Crippen molar-refractivity contribution in [1.29, 1.82) is 0 Å². The first-order valence-electron chi connectivity index (χ1n) is 18.8. The lowest BCUT2D eigenvalue weighted by Crippen LogP contribution is -2.00. The molecule has 0 saturated heterocycles. The molecule has 3 aromatic heterocycles. The van der Waals surface area contributed by atoms with Gasteiger partial charge in [-0.2, -0.15) is 0 Å². The molecule has 0 radical (unpaired) electrons. The van der Waals surface area contributed by atoms with Crippen LogP contribution in [0.2, 0.25) is 0 Å². The third-order valence-corrected chi connectivity index (χ3v) is 10.7. The van der Waals surface area contributed by atoms with Crippen LogP contribution in [0.3, 0.4) is 0 Å². The van der Waals surface area contributed by atoms with Gasteiger partial charge in [0.1, 0.15) is 11.2 Å². The Kier molecular flexibility index (Phi) is 7.42. The standard InChI is InChI=1S/C51H32N4O/c1-4-14-33(15-5-1)49-52-50(34-16-6-2-7-17-34)54-51(53-49)38-27-29-43-44-24-13-23-40(48(44)56-47(43)32-38)37-19-12-18-35(30-37)36-26-28-42-41-22-10-11-25-45(41)55(46(42)31-36)39-20-8-3-9-21-39/h1-32H. The number of nitrogens with zero attached hydrogens (tertiary/aromatic N) is 4. The fraction of sp³-hybridized carbons (Fsp3) is 0. The molecule has 0 aliphatic heterocycles. The molecule has 0 bridgehead atoms. The molecule has 0 unspecified atom stereocenters. The topological polar surface area (TPSA) is 56.7 Å². The summed E-state index contributed by atoms with van der Waals surface area (Å²) in [5.74, 6) is 1.85. The first-order valence-corrected chi connectivity index (χ1v) is 18.8. The van der Waals surface area contributed by atoms with Gasteiger partial charge in [0.25, 0.3) is 0 Å². The van der Waals surface area contributed by atoms with E-state index in [-0.39, 0.29) is 0 Å². The smallest absolute Gasteiger partial charge is 0.164 e. The van der Waals surface area contributed by atoms with Crippen LogP contribution in [0.5, 0.6) is 0 Å². The van der Waals surface area contributed by atoms with E-state index in [0.29, 0.717) is 17.5 Å². The molecule has 56 heavy (non-hydrogen) atoms. The number of furan rings is 1. The Morgan fingerprint density at radius 1 is 0.339 bits per heavy atom. The summed E-state index contributed by atoms with van der Waals surface area (Å²) in [6.45, 7) is 0. The van der Waals surface area contributed by atoms with Gasteiger partial charge < -0.3 is 8.98 Å². The highest BCUT2D eigenvalue weighted by Gasteiger charge is 2.18. The van der Waals surface area contributed by atoms with Gasteiger partial charge >= 0.3 is 0 Å². The maximum atomic E-state index is 6.76. The molecule has 0 N–H and O–H groups in total. The minimum Gasteiger partial charge on any atom is -0.455 e. The van der Waals surface area contributed by atoms with Crippen molar-refractivity contribution < 1.29 is 4.42 Å². The quantitative estimate of drug-likeness (QED) is 0.172. The average molecular weight is 717 g/mol. The number of para-hydroxylation sites is 3. The Bertz CT molecular complexity index is 3180. The van der Waals surface area contributed by atoms with Crippen LogP contribution in [0.25, 0.3) is 106 Å². The van der Waals surface area contributed by atoms with E-state index in [9.17, 15) is 0 Å². The number of benzene rings is 8. The minimum atomic E-state index is 0.594. The van der Waals surface area contributed by atoms with Crippen molar-refractivity contribution >= 4 is 43.7 Å². The molecule has 3 heterocycles. The zero-order chi connectivity index (χ0) is 37.0. The van der Waals surface area contributed by atoms with E-state index in [0.717, 1.165) is 66.6 Å². The lowest BCUT2D eigenvalue weighted by Gasteiger charge is -2.10. The van der Waals surface area contributed by atoms with Gasteiger partial charge in [-0.15, -0.1) is 0 Å². The monoisotopic (exact) mass is 716 g/mol. The molecule has 5 nitrogen and oxygen atoms in total. The number of aromatic nitrogens is 4. The number of rotatable bonds is 6. The molecular weight excluding hydrogens is 685 g/mol. The van der Waals surface area contributed by atoms with Crippen molar-refractivity contribution in [2.24, 2.45) is 0 Å². The van der Waals surface area contributed by atoms with Crippen molar-refractivity contribution in [3.8, 4) is 62.1 Å². The summed E-state index contributed by atoms with van der Waals surface area (Å²) in [4.78, 5) is 14.8. The van der Waals surface area contributed by atoms with Crippen molar-refractivity contribution in [3.05, 3.63) is 194 Å². The van der Waals surface area contributed by atoms with E-state index >= 15 is 0 Å². The fourth-order valence-corrected chi connectivity index (χ4v) is 7.97. The Hall–Kier alpha value is -7.63. The predicted octanol–water partition coefficient (Wildman–Crippen LogP) is 13.2. The first-order chi connectivity index (χ1) is 27.7. The molecular formula is C51H32N4O. The highest BCUT2D eigenvalue weighted by atomic mass is 16.3. The largest absolute Gasteiger partial charge is 0.455 e. The van der Waals surface area contributed by atoms with Gasteiger partial charge in [-0.3, -0.25) is 0 Å². The third-order valence-electron chi connectivity index (χ3n) is 10.7. The van der Waals surface area contributed by atoms with Crippen LogP contribution in [0.4, 0.5) is 0 Å². The maximum Gasteiger partial charge on any atom is 0.164 e. The van der Waals surface area contributed by atoms with Gasteiger partial charge in [0.2, 0.25) is 0 Å². The summed E-state index contributed by atoms with van der Waals surface area (Å²) in [5.41, 5.74) is 12.3. The lowest BCUT2D eigenvalue weighted by molar-refractivity contribution is 0.670. The molecule has 0 amide bonds. The van der Waals surface area contributed by atoms with E-state index in [2.05, 4.69) is 138 Å². The molecule has 0 aliphatic rings. The van der Waals surface area contributed by atoms with E-state index in [4.69, 9.17) is 19.4 Å². The highest BCUT2D eigenvalue weighted by molar-refractivity contribution is 6.11. The van der Waals surface area contributed by atoms with Gasteiger partial charge in [-0.1, -0.05) is 152 Å². The van der Waals surface area contributed by atoms with Crippen LogP contribution < -0.4 is 0 Å². The summed E-state index contributed by atoms with van der Waals surface area (Å²) in [6.07, 6.45) is 0. The van der Waals surface area contributed by atoms with Crippen LogP contribution >= 0.6 is 0 Å². The van der Waals surface area contributed by atoms with E-state index in [1.54, 1.807) is 0 Å². The molecule has 11 rings (SSSR count). The second-order valence-electron chi connectivity index (χ2n) is 14.0. The van der Waals surface area contributed by atoms with E-state index in [1.807, 2.05) is 60.7 Å². The van der Waals surface area contributed by atoms with Crippen LogP contribution in [0, 0.1) is 0 Å².